The molecule has 0 spiro atoms. The van der Waals surface area contributed by atoms with Crippen LogP contribution in [-0.2, 0) is 11.2 Å². The Labute approximate surface area is 121 Å². The molecule has 20 heavy (non-hydrogen) atoms. The summed E-state index contributed by atoms with van der Waals surface area (Å²) < 4.78 is 0. The zero-order chi connectivity index (χ0) is 14.7. The summed E-state index contributed by atoms with van der Waals surface area (Å²) in [6.07, 6.45) is 0.196. The van der Waals surface area contributed by atoms with Gasteiger partial charge in [0, 0.05) is 5.02 Å². The molecule has 0 fully saturated rings. The molecule has 0 aromatic heterocycles. The number of hydrogen-bond donors (Lipinski definition) is 3. The number of aromatic hydroxyl groups is 1. The normalized spacial score (nSPS) is 12.1. The molecule has 0 radical (unpaired) electrons. The number of carbonyl (C=O) groups is 1. The van der Waals surface area contributed by atoms with E-state index in [1.807, 2.05) is 12.1 Å². The van der Waals surface area contributed by atoms with Gasteiger partial charge in [-0.3, -0.25) is 4.79 Å². The van der Waals surface area contributed by atoms with Crippen molar-refractivity contribution in [3.05, 3.63) is 53.1 Å². The van der Waals surface area contributed by atoms with Crippen LogP contribution in [0.3, 0.4) is 0 Å². The van der Waals surface area contributed by atoms with Crippen molar-refractivity contribution in [2.45, 2.75) is 12.5 Å². The molecule has 0 saturated heterocycles. The number of rotatable bonds is 4. The second-order valence-electron chi connectivity index (χ2n) is 4.55. The third-order valence-corrected chi connectivity index (χ3v) is 3.13. The Balaban J connectivity index is 2.36. The van der Waals surface area contributed by atoms with Gasteiger partial charge < -0.3 is 15.9 Å². The molecule has 2 rings (SSSR count). The van der Waals surface area contributed by atoms with Crippen LogP contribution in [0.2, 0.25) is 5.02 Å². The summed E-state index contributed by atoms with van der Waals surface area (Å²) in [5.41, 5.74) is 7.88. The van der Waals surface area contributed by atoms with Crippen LogP contribution in [-0.4, -0.2) is 22.2 Å². The molecule has 0 amide bonds. The monoisotopic (exact) mass is 291 g/mol. The van der Waals surface area contributed by atoms with Gasteiger partial charge in [-0.25, -0.2) is 0 Å². The molecular formula is C15H14ClNO3. The van der Waals surface area contributed by atoms with E-state index in [9.17, 15) is 9.90 Å². The van der Waals surface area contributed by atoms with Crippen LogP contribution >= 0.6 is 11.6 Å². The standard InChI is InChI=1S/C15H14ClNO3/c16-12-5-9(6-14(17)15(19)20)4-11(7-12)10-2-1-3-13(18)8-10/h1-5,7-8,14,18H,6,17H2,(H,19,20)/t14-/m0/s1. The predicted octanol–water partition coefficient (Wildman–Crippen LogP) is 2.67. The highest BCUT2D eigenvalue weighted by Crippen LogP contribution is 2.27. The lowest BCUT2D eigenvalue weighted by Gasteiger charge is -2.10. The highest BCUT2D eigenvalue weighted by atomic mass is 35.5. The molecule has 0 aliphatic heterocycles. The number of phenolic OH excluding ortho intramolecular Hbond substituents is 1. The largest absolute Gasteiger partial charge is 0.508 e. The van der Waals surface area contributed by atoms with E-state index in [1.165, 1.54) is 0 Å². The highest BCUT2D eigenvalue weighted by Gasteiger charge is 2.13. The third-order valence-electron chi connectivity index (χ3n) is 2.91. The quantitative estimate of drug-likeness (QED) is 0.808. The SMILES string of the molecule is N[C@@H](Cc1cc(Cl)cc(-c2cccc(O)c2)c1)C(=O)O. The van der Waals surface area contributed by atoms with Gasteiger partial charge in [0.25, 0.3) is 0 Å². The predicted molar refractivity (Wildman–Crippen MR) is 77.9 cm³/mol. The minimum atomic E-state index is -1.05. The van der Waals surface area contributed by atoms with Crippen molar-refractivity contribution >= 4 is 17.6 Å². The minimum absolute atomic E-state index is 0.159. The topological polar surface area (TPSA) is 83.5 Å². The van der Waals surface area contributed by atoms with Gasteiger partial charge in [0.05, 0.1) is 0 Å². The maximum absolute atomic E-state index is 10.8. The second-order valence-corrected chi connectivity index (χ2v) is 4.98. The molecular weight excluding hydrogens is 278 g/mol. The fourth-order valence-corrected chi connectivity index (χ4v) is 2.22. The molecule has 2 aromatic rings. The summed E-state index contributed by atoms with van der Waals surface area (Å²) in [5.74, 6) is -0.893. The Morgan fingerprint density at radius 2 is 1.95 bits per heavy atom. The fraction of sp³-hybridized carbons (Fsp3) is 0.133. The van der Waals surface area contributed by atoms with E-state index < -0.39 is 12.0 Å². The van der Waals surface area contributed by atoms with Crippen LogP contribution in [0, 0.1) is 0 Å². The fourth-order valence-electron chi connectivity index (χ4n) is 1.96. The number of halogens is 1. The Morgan fingerprint density at radius 3 is 2.60 bits per heavy atom. The van der Waals surface area contributed by atoms with E-state index in [0.29, 0.717) is 5.02 Å². The first-order valence-corrected chi connectivity index (χ1v) is 6.41. The molecule has 4 nitrogen and oxygen atoms in total. The van der Waals surface area contributed by atoms with E-state index in [1.54, 1.807) is 30.3 Å². The van der Waals surface area contributed by atoms with E-state index in [-0.39, 0.29) is 12.2 Å². The number of nitrogens with two attached hydrogens (primary N) is 1. The average molecular weight is 292 g/mol. The molecule has 2 aromatic carbocycles. The molecule has 4 N–H and O–H groups in total. The van der Waals surface area contributed by atoms with Crippen LogP contribution in [0.5, 0.6) is 5.75 Å². The van der Waals surface area contributed by atoms with Crippen molar-refractivity contribution in [1.82, 2.24) is 0 Å². The Bertz CT molecular complexity index is 643. The van der Waals surface area contributed by atoms with Gasteiger partial charge in [-0.2, -0.15) is 0 Å². The molecule has 0 bridgehead atoms. The van der Waals surface area contributed by atoms with Crippen LogP contribution in [0.4, 0.5) is 0 Å². The number of phenols is 1. The smallest absolute Gasteiger partial charge is 0.320 e. The van der Waals surface area contributed by atoms with Crippen LogP contribution in [0.25, 0.3) is 11.1 Å². The van der Waals surface area contributed by atoms with E-state index >= 15 is 0 Å². The molecule has 1 atom stereocenters. The van der Waals surface area contributed by atoms with Crippen molar-refractivity contribution in [2.75, 3.05) is 0 Å². The first-order valence-electron chi connectivity index (χ1n) is 6.03. The zero-order valence-electron chi connectivity index (χ0n) is 10.6. The van der Waals surface area contributed by atoms with Crippen molar-refractivity contribution in [3.63, 3.8) is 0 Å². The van der Waals surface area contributed by atoms with Crippen molar-refractivity contribution in [2.24, 2.45) is 5.73 Å². The number of carboxylic acids is 1. The van der Waals surface area contributed by atoms with Gasteiger partial charge in [0.2, 0.25) is 0 Å². The van der Waals surface area contributed by atoms with Gasteiger partial charge in [0.1, 0.15) is 11.8 Å². The maximum atomic E-state index is 10.8. The van der Waals surface area contributed by atoms with Gasteiger partial charge in [-0.1, -0.05) is 29.8 Å². The second kappa shape index (κ2) is 5.94. The average Bonchev–Trinajstić information content (AvgIpc) is 2.37. The molecule has 104 valence electrons. The lowest BCUT2D eigenvalue weighted by molar-refractivity contribution is -0.138. The summed E-state index contributed by atoms with van der Waals surface area (Å²) in [4.78, 5) is 10.8. The van der Waals surface area contributed by atoms with E-state index in [4.69, 9.17) is 22.4 Å². The number of aliphatic carboxylic acids is 1. The summed E-state index contributed by atoms with van der Waals surface area (Å²) in [6, 6.07) is 11.1. The number of benzene rings is 2. The minimum Gasteiger partial charge on any atom is -0.508 e. The Morgan fingerprint density at radius 1 is 1.20 bits per heavy atom. The van der Waals surface area contributed by atoms with Crippen LogP contribution in [0.1, 0.15) is 5.56 Å². The van der Waals surface area contributed by atoms with Gasteiger partial charge in [0.15, 0.2) is 0 Å². The van der Waals surface area contributed by atoms with Crippen LogP contribution < -0.4 is 5.73 Å². The third kappa shape index (κ3) is 3.50. The van der Waals surface area contributed by atoms with Gasteiger partial charge in [-0.05, 0) is 47.4 Å². The van der Waals surface area contributed by atoms with Crippen LogP contribution in [0.15, 0.2) is 42.5 Å². The van der Waals surface area contributed by atoms with E-state index in [2.05, 4.69) is 0 Å². The Kier molecular flexibility index (Phi) is 4.27. The first-order chi connectivity index (χ1) is 9.45. The van der Waals surface area contributed by atoms with Crippen molar-refractivity contribution in [3.8, 4) is 16.9 Å². The number of hydrogen-bond acceptors (Lipinski definition) is 3. The molecule has 0 aliphatic rings. The molecule has 0 saturated carbocycles. The summed E-state index contributed by atoms with van der Waals surface area (Å²) in [6.45, 7) is 0. The van der Waals surface area contributed by atoms with E-state index in [0.717, 1.165) is 16.7 Å². The molecule has 0 heterocycles. The molecule has 0 unspecified atom stereocenters. The summed E-state index contributed by atoms with van der Waals surface area (Å²) in [7, 11) is 0. The summed E-state index contributed by atoms with van der Waals surface area (Å²) >= 11 is 6.05. The van der Waals surface area contributed by atoms with Gasteiger partial charge >= 0.3 is 5.97 Å². The molecule has 5 heteroatoms. The lowest BCUT2D eigenvalue weighted by Crippen LogP contribution is -2.32. The number of carboxylic acid groups (broad SMARTS) is 1. The Hall–Kier alpha value is -2.04. The van der Waals surface area contributed by atoms with Gasteiger partial charge in [-0.15, -0.1) is 0 Å². The zero-order valence-corrected chi connectivity index (χ0v) is 11.3. The molecule has 0 aliphatic carbocycles. The van der Waals surface area contributed by atoms with Crippen molar-refractivity contribution < 1.29 is 15.0 Å². The maximum Gasteiger partial charge on any atom is 0.320 e. The van der Waals surface area contributed by atoms with Crippen molar-refractivity contribution in [1.29, 1.82) is 0 Å². The summed E-state index contributed by atoms with van der Waals surface area (Å²) in [5, 5.41) is 18.8. The highest BCUT2D eigenvalue weighted by molar-refractivity contribution is 6.31. The first kappa shape index (κ1) is 14.4. The lowest BCUT2D eigenvalue weighted by atomic mass is 9.99.